The van der Waals surface area contributed by atoms with Gasteiger partial charge in [0.15, 0.2) is 0 Å². The van der Waals surface area contributed by atoms with Crippen molar-refractivity contribution in [1.82, 2.24) is 9.97 Å². The molecule has 0 unspecified atom stereocenters. The first-order chi connectivity index (χ1) is 6.61. The van der Waals surface area contributed by atoms with Gasteiger partial charge in [-0.25, -0.2) is 9.97 Å². The largest absolute Gasteiger partial charge is 0.238 e. The maximum absolute atomic E-state index is 5.92. The number of rotatable bonds is 4. The fourth-order valence-corrected chi connectivity index (χ4v) is 1.60. The zero-order chi connectivity index (χ0) is 10.6. The fourth-order valence-electron chi connectivity index (χ4n) is 1.37. The highest BCUT2D eigenvalue weighted by molar-refractivity contribution is 6.29. The van der Waals surface area contributed by atoms with Crippen LogP contribution in [-0.4, -0.2) is 9.97 Å². The molecule has 0 atom stereocenters. The minimum absolute atomic E-state index is 0.569. The van der Waals surface area contributed by atoms with Crippen LogP contribution in [0.1, 0.15) is 38.7 Å². The Morgan fingerprint density at radius 3 is 2.64 bits per heavy atom. The predicted molar refractivity (Wildman–Crippen MR) is 59.6 cm³/mol. The van der Waals surface area contributed by atoms with E-state index in [0.717, 1.165) is 30.8 Å². The quantitative estimate of drug-likeness (QED) is 0.716. The predicted octanol–water partition coefficient (Wildman–Crippen LogP) is 3.28. The summed E-state index contributed by atoms with van der Waals surface area (Å²) in [6.07, 6.45) is 2.94. The molecule has 0 aliphatic heterocycles. The molecule has 2 nitrogen and oxygen atoms in total. The first-order valence-electron chi connectivity index (χ1n) is 5.14. The number of hydrogen-bond donors (Lipinski definition) is 0. The van der Waals surface area contributed by atoms with E-state index in [2.05, 4.69) is 30.7 Å². The maximum Gasteiger partial charge on any atom is 0.133 e. The summed E-state index contributed by atoms with van der Waals surface area (Å²) in [6, 6.07) is 1.86. The van der Waals surface area contributed by atoms with Crippen LogP contribution in [0.5, 0.6) is 0 Å². The van der Waals surface area contributed by atoms with E-state index < -0.39 is 0 Å². The monoisotopic (exact) mass is 212 g/mol. The maximum atomic E-state index is 5.92. The van der Waals surface area contributed by atoms with Crippen LogP contribution in [0.3, 0.4) is 0 Å². The molecule has 0 saturated carbocycles. The highest BCUT2D eigenvalue weighted by atomic mass is 35.5. The molecule has 0 fully saturated rings. The van der Waals surface area contributed by atoms with E-state index in [-0.39, 0.29) is 0 Å². The van der Waals surface area contributed by atoms with Crippen molar-refractivity contribution in [1.29, 1.82) is 0 Å². The molecule has 78 valence electrons. The van der Waals surface area contributed by atoms with Crippen LogP contribution in [0.25, 0.3) is 0 Å². The summed E-state index contributed by atoms with van der Waals surface area (Å²) < 4.78 is 0. The molecule has 0 aliphatic rings. The summed E-state index contributed by atoms with van der Waals surface area (Å²) in [6.45, 7) is 6.47. The molecule has 1 heterocycles. The second-order valence-corrected chi connectivity index (χ2v) is 4.33. The Bertz CT molecular complexity index is 297. The second-order valence-electron chi connectivity index (χ2n) is 3.95. The van der Waals surface area contributed by atoms with Crippen molar-refractivity contribution in [2.75, 3.05) is 0 Å². The lowest BCUT2D eigenvalue weighted by Crippen LogP contribution is -2.02. The van der Waals surface area contributed by atoms with Crippen molar-refractivity contribution < 1.29 is 0 Å². The molecule has 0 saturated heterocycles. The first-order valence-corrected chi connectivity index (χ1v) is 5.52. The smallest absolute Gasteiger partial charge is 0.133 e. The van der Waals surface area contributed by atoms with Gasteiger partial charge in [0.1, 0.15) is 11.0 Å². The van der Waals surface area contributed by atoms with Crippen LogP contribution in [-0.2, 0) is 12.8 Å². The summed E-state index contributed by atoms with van der Waals surface area (Å²) in [5.41, 5.74) is 1.06. The Morgan fingerprint density at radius 2 is 2.07 bits per heavy atom. The Labute approximate surface area is 90.7 Å². The SMILES string of the molecule is CCCc1nc(Cl)cc(CC(C)C)n1. The van der Waals surface area contributed by atoms with Gasteiger partial charge < -0.3 is 0 Å². The van der Waals surface area contributed by atoms with Gasteiger partial charge in [-0.15, -0.1) is 0 Å². The van der Waals surface area contributed by atoms with Crippen LogP contribution in [0.2, 0.25) is 5.15 Å². The average molecular weight is 213 g/mol. The van der Waals surface area contributed by atoms with Gasteiger partial charge in [0.2, 0.25) is 0 Å². The number of aromatic nitrogens is 2. The average Bonchev–Trinajstić information content (AvgIpc) is 2.01. The normalized spacial score (nSPS) is 10.9. The van der Waals surface area contributed by atoms with Crippen LogP contribution in [0, 0.1) is 5.92 Å². The molecule has 1 rings (SSSR count). The van der Waals surface area contributed by atoms with Gasteiger partial charge in [0, 0.05) is 12.1 Å². The standard InChI is InChI=1S/C11H17ClN2/c1-4-5-11-13-9(6-8(2)3)7-10(12)14-11/h7-8H,4-6H2,1-3H3. The van der Waals surface area contributed by atoms with Crippen LogP contribution in [0.4, 0.5) is 0 Å². The van der Waals surface area contributed by atoms with E-state index in [1.807, 2.05) is 6.07 Å². The number of aryl methyl sites for hydroxylation is 1. The van der Waals surface area contributed by atoms with Crippen molar-refractivity contribution in [2.24, 2.45) is 5.92 Å². The van der Waals surface area contributed by atoms with Crippen LogP contribution < -0.4 is 0 Å². The zero-order valence-corrected chi connectivity index (χ0v) is 9.80. The molecule has 0 amide bonds. The van der Waals surface area contributed by atoms with Gasteiger partial charge in [-0.2, -0.15) is 0 Å². The molecular weight excluding hydrogens is 196 g/mol. The van der Waals surface area contributed by atoms with Crippen molar-refractivity contribution in [2.45, 2.75) is 40.0 Å². The zero-order valence-electron chi connectivity index (χ0n) is 9.05. The van der Waals surface area contributed by atoms with E-state index in [1.165, 1.54) is 0 Å². The molecule has 0 N–H and O–H groups in total. The van der Waals surface area contributed by atoms with Crippen molar-refractivity contribution in [3.63, 3.8) is 0 Å². The van der Waals surface area contributed by atoms with Crippen LogP contribution in [0.15, 0.2) is 6.07 Å². The molecule has 1 aromatic rings. The van der Waals surface area contributed by atoms with Crippen molar-refractivity contribution in [3.8, 4) is 0 Å². The summed E-state index contributed by atoms with van der Waals surface area (Å²) in [5, 5.41) is 0.569. The van der Waals surface area contributed by atoms with E-state index in [9.17, 15) is 0 Å². The molecule has 0 radical (unpaired) electrons. The summed E-state index contributed by atoms with van der Waals surface area (Å²) in [5.74, 6) is 1.48. The minimum Gasteiger partial charge on any atom is -0.238 e. The van der Waals surface area contributed by atoms with E-state index in [0.29, 0.717) is 11.1 Å². The topological polar surface area (TPSA) is 25.8 Å². The Kier molecular flexibility index (Phi) is 4.33. The lowest BCUT2D eigenvalue weighted by atomic mass is 10.1. The van der Waals surface area contributed by atoms with E-state index in [4.69, 9.17) is 11.6 Å². The fraction of sp³-hybridized carbons (Fsp3) is 0.636. The molecule has 0 spiro atoms. The third-order valence-electron chi connectivity index (χ3n) is 1.89. The van der Waals surface area contributed by atoms with E-state index in [1.54, 1.807) is 0 Å². The van der Waals surface area contributed by atoms with Crippen LogP contribution >= 0.6 is 11.6 Å². The third-order valence-corrected chi connectivity index (χ3v) is 2.08. The van der Waals surface area contributed by atoms with Gasteiger partial charge in [0.25, 0.3) is 0 Å². The highest BCUT2D eigenvalue weighted by Gasteiger charge is 2.04. The van der Waals surface area contributed by atoms with Gasteiger partial charge in [-0.05, 0) is 24.8 Å². The van der Waals surface area contributed by atoms with Gasteiger partial charge in [0.05, 0.1) is 0 Å². The number of halogens is 1. The van der Waals surface area contributed by atoms with Gasteiger partial charge in [-0.1, -0.05) is 32.4 Å². The second kappa shape index (κ2) is 5.30. The molecule has 14 heavy (non-hydrogen) atoms. The Balaban J connectivity index is 2.83. The third kappa shape index (κ3) is 3.62. The van der Waals surface area contributed by atoms with Gasteiger partial charge >= 0.3 is 0 Å². The minimum atomic E-state index is 0.569. The number of hydrogen-bond acceptors (Lipinski definition) is 2. The van der Waals surface area contributed by atoms with Gasteiger partial charge in [-0.3, -0.25) is 0 Å². The van der Waals surface area contributed by atoms with E-state index >= 15 is 0 Å². The summed E-state index contributed by atoms with van der Waals surface area (Å²) >= 11 is 5.92. The summed E-state index contributed by atoms with van der Waals surface area (Å²) in [7, 11) is 0. The van der Waals surface area contributed by atoms with Crippen molar-refractivity contribution >= 4 is 11.6 Å². The Morgan fingerprint density at radius 1 is 1.36 bits per heavy atom. The summed E-state index contributed by atoms with van der Waals surface area (Å²) in [4.78, 5) is 8.65. The highest BCUT2D eigenvalue weighted by Crippen LogP contribution is 2.12. The molecule has 1 aromatic heterocycles. The molecule has 0 aromatic carbocycles. The van der Waals surface area contributed by atoms with Crippen molar-refractivity contribution in [3.05, 3.63) is 22.7 Å². The Hall–Kier alpha value is -0.630. The molecule has 0 bridgehead atoms. The lowest BCUT2D eigenvalue weighted by molar-refractivity contribution is 0.629. The molecular formula is C11H17ClN2. The molecule has 3 heteroatoms. The number of nitrogens with zero attached hydrogens (tertiary/aromatic N) is 2. The lowest BCUT2D eigenvalue weighted by Gasteiger charge is -2.06. The molecule has 0 aliphatic carbocycles. The first kappa shape index (κ1) is 11.4.